The smallest absolute Gasteiger partial charge is 0.242 e. The van der Waals surface area contributed by atoms with E-state index in [-0.39, 0.29) is 11.2 Å². The number of amides is 1. The number of halogens is 1. The molecule has 0 spiro atoms. The zero-order chi connectivity index (χ0) is 14.5. The quantitative estimate of drug-likeness (QED) is 0.705. The standard InChI is InChI=1S/C12H19ClN6O/c1-3-6-14-11-17-10(13)18-12(19-11)15-7(2)9(20)16-8-4-5-8/h7-8H,3-6H2,1-2H3,(H,16,20)(H2,14,15,17,18,19). The fraction of sp³-hybridized carbons (Fsp3) is 0.667. The predicted octanol–water partition coefficient (Wildman–Crippen LogP) is 1.43. The topological polar surface area (TPSA) is 91.8 Å². The number of hydrogen-bond donors (Lipinski definition) is 3. The van der Waals surface area contributed by atoms with Crippen LogP contribution >= 0.6 is 11.6 Å². The zero-order valence-corrected chi connectivity index (χ0v) is 12.4. The molecule has 1 aliphatic carbocycles. The predicted molar refractivity (Wildman–Crippen MR) is 77.9 cm³/mol. The van der Waals surface area contributed by atoms with E-state index in [2.05, 4.69) is 30.9 Å². The van der Waals surface area contributed by atoms with Gasteiger partial charge in [0, 0.05) is 12.6 Å². The van der Waals surface area contributed by atoms with Crippen LogP contribution in [-0.2, 0) is 4.79 Å². The molecule has 1 heterocycles. The van der Waals surface area contributed by atoms with E-state index in [4.69, 9.17) is 11.6 Å². The Kier molecular flexibility index (Phi) is 4.94. The van der Waals surface area contributed by atoms with E-state index >= 15 is 0 Å². The first kappa shape index (κ1) is 14.8. The Morgan fingerprint density at radius 1 is 1.35 bits per heavy atom. The molecule has 0 radical (unpaired) electrons. The van der Waals surface area contributed by atoms with Crippen LogP contribution in [0.15, 0.2) is 0 Å². The van der Waals surface area contributed by atoms with Crippen molar-refractivity contribution in [2.45, 2.75) is 45.2 Å². The third kappa shape index (κ3) is 4.48. The summed E-state index contributed by atoms with van der Waals surface area (Å²) in [5.74, 6) is 0.637. The van der Waals surface area contributed by atoms with Crippen LogP contribution in [-0.4, -0.2) is 39.5 Å². The lowest BCUT2D eigenvalue weighted by Gasteiger charge is -2.14. The molecule has 0 saturated heterocycles. The largest absolute Gasteiger partial charge is 0.354 e. The molecule has 1 aromatic rings. The van der Waals surface area contributed by atoms with Crippen molar-refractivity contribution < 1.29 is 4.79 Å². The summed E-state index contributed by atoms with van der Waals surface area (Å²) in [6.45, 7) is 4.55. The average molecular weight is 299 g/mol. The Labute approximate surface area is 122 Å². The first-order valence-electron chi connectivity index (χ1n) is 6.81. The van der Waals surface area contributed by atoms with E-state index in [1.165, 1.54) is 0 Å². The highest BCUT2D eigenvalue weighted by atomic mass is 35.5. The van der Waals surface area contributed by atoms with E-state index < -0.39 is 6.04 Å². The molecule has 7 nitrogen and oxygen atoms in total. The Morgan fingerprint density at radius 3 is 2.70 bits per heavy atom. The molecule has 1 saturated carbocycles. The Hall–Kier alpha value is -1.63. The Morgan fingerprint density at radius 2 is 2.05 bits per heavy atom. The van der Waals surface area contributed by atoms with Gasteiger partial charge in [0.2, 0.25) is 23.1 Å². The fourth-order valence-electron chi connectivity index (χ4n) is 1.54. The number of rotatable bonds is 7. The second-order valence-electron chi connectivity index (χ2n) is 4.83. The lowest BCUT2D eigenvalue weighted by atomic mass is 10.3. The lowest BCUT2D eigenvalue weighted by Crippen LogP contribution is -2.39. The highest BCUT2D eigenvalue weighted by molar-refractivity contribution is 6.28. The van der Waals surface area contributed by atoms with Gasteiger partial charge in [0.25, 0.3) is 0 Å². The van der Waals surface area contributed by atoms with Crippen molar-refractivity contribution in [2.24, 2.45) is 0 Å². The highest BCUT2D eigenvalue weighted by Gasteiger charge is 2.25. The summed E-state index contributed by atoms with van der Waals surface area (Å²) in [5, 5.41) is 8.98. The molecule has 0 aliphatic heterocycles. The summed E-state index contributed by atoms with van der Waals surface area (Å²) in [6, 6.07) is -0.0939. The number of anilines is 2. The van der Waals surface area contributed by atoms with Crippen molar-refractivity contribution in [2.75, 3.05) is 17.2 Å². The Balaban J connectivity index is 1.96. The van der Waals surface area contributed by atoms with Crippen LogP contribution in [0, 0.1) is 0 Å². The molecule has 1 unspecified atom stereocenters. The molecule has 1 aromatic heterocycles. The molecular weight excluding hydrogens is 280 g/mol. The summed E-state index contributed by atoms with van der Waals surface area (Å²) in [6.07, 6.45) is 3.06. The van der Waals surface area contributed by atoms with E-state index in [0.717, 1.165) is 25.8 Å². The van der Waals surface area contributed by atoms with Gasteiger partial charge in [-0.3, -0.25) is 4.79 Å². The van der Waals surface area contributed by atoms with Gasteiger partial charge < -0.3 is 16.0 Å². The minimum Gasteiger partial charge on any atom is -0.354 e. The van der Waals surface area contributed by atoms with Gasteiger partial charge in [-0.25, -0.2) is 0 Å². The summed E-state index contributed by atoms with van der Waals surface area (Å²) in [5.41, 5.74) is 0. The molecule has 0 aromatic carbocycles. The number of nitrogens with zero attached hydrogens (tertiary/aromatic N) is 3. The summed E-state index contributed by atoms with van der Waals surface area (Å²) < 4.78 is 0. The monoisotopic (exact) mass is 298 g/mol. The van der Waals surface area contributed by atoms with Crippen LogP contribution < -0.4 is 16.0 Å². The number of nitrogens with one attached hydrogen (secondary N) is 3. The Bertz CT molecular complexity index is 479. The minimum absolute atomic E-state index is 0.0629. The molecule has 110 valence electrons. The molecule has 1 aliphatic rings. The molecule has 1 atom stereocenters. The van der Waals surface area contributed by atoms with Crippen molar-refractivity contribution in [1.82, 2.24) is 20.3 Å². The number of hydrogen-bond acceptors (Lipinski definition) is 6. The van der Waals surface area contributed by atoms with E-state index in [9.17, 15) is 4.79 Å². The van der Waals surface area contributed by atoms with E-state index in [1.807, 2.05) is 6.92 Å². The molecule has 20 heavy (non-hydrogen) atoms. The van der Waals surface area contributed by atoms with Crippen LogP contribution in [0.2, 0.25) is 5.28 Å². The fourth-order valence-corrected chi connectivity index (χ4v) is 1.70. The van der Waals surface area contributed by atoms with Gasteiger partial charge in [0.05, 0.1) is 0 Å². The van der Waals surface area contributed by atoms with Gasteiger partial charge in [-0.15, -0.1) is 0 Å². The second-order valence-corrected chi connectivity index (χ2v) is 5.17. The van der Waals surface area contributed by atoms with Crippen molar-refractivity contribution in [3.63, 3.8) is 0 Å². The summed E-state index contributed by atoms with van der Waals surface area (Å²) >= 11 is 5.84. The van der Waals surface area contributed by atoms with Crippen molar-refractivity contribution in [3.05, 3.63) is 5.28 Å². The van der Waals surface area contributed by atoms with E-state index in [1.54, 1.807) is 6.92 Å². The van der Waals surface area contributed by atoms with Gasteiger partial charge in [0.15, 0.2) is 0 Å². The lowest BCUT2D eigenvalue weighted by molar-refractivity contribution is -0.121. The van der Waals surface area contributed by atoms with Crippen LogP contribution in [0.5, 0.6) is 0 Å². The number of carbonyl (C=O) groups is 1. The SMILES string of the molecule is CCCNc1nc(Cl)nc(NC(C)C(=O)NC2CC2)n1. The maximum absolute atomic E-state index is 11.8. The molecule has 8 heteroatoms. The summed E-state index contributed by atoms with van der Waals surface area (Å²) in [7, 11) is 0. The van der Waals surface area contributed by atoms with Gasteiger partial charge in [-0.2, -0.15) is 15.0 Å². The van der Waals surface area contributed by atoms with Crippen LogP contribution in [0.1, 0.15) is 33.1 Å². The molecule has 3 N–H and O–H groups in total. The second kappa shape index (κ2) is 6.69. The number of carbonyl (C=O) groups excluding carboxylic acids is 1. The maximum Gasteiger partial charge on any atom is 0.242 e. The zero-order valence-electron chi connectivity index (χ0n) is 11.6. The van der Waals surface area contributed by atoms with Crippen molar-refractivity contribution >= 4 is 29.4 Å². The van der Waals surface area contributed by atoms with Crippen molar-refractivity contribution in [3.8, 4) is 0 Å². The van der Waals surface area contributed by atoms with Crippen molar-refractivity contribution in [1.29, 1.82) is 0 Å². The highest BCUT2D eigenvalue weighted by Crippen LogP contribution is 2.19. The van der Waals surface area contributed by atoms with Gasteiger partial charge >= 0.3 is 0 Å². The molecule has 1 amide bonds. The third-order valence-electron chi connectivity index (χ3n) is 2.80. The normalized spacial score (nSPS) is 15.6. The maximum atomic E-state index is 11.8. The van der Waals surface area contributed by atoms with Gasteiger partial charge in [0.1, 0.15) is 6.04 Å². The molecule has 1 fully saturated rings. The first-order valence-corrected chi connectivity index (χ1v) is 7.18. The molecule has 0 bridgehead atoms. The van der Waals surface area contributed by atoms with Crippen LogP contribution in [0.25, 0.3) is 0 Å². The minimum atomic E-state index is -0.423. The molecular formula is C12H19ClN6O. The number of aromatic nitrogens is 3. The van der Waals surface area contributed by atoms with Gasteiger partial charge in [-0.05, 0) is 37.8 Å². The average Bonchev–Trinajstić information content (AvgIpc) is 3.19. The van der Waals surface area contributed by atoms with E-state index in [0.29, 0.717) is 17.9 Å². The summed E-state index contributed by atoms with van der Waals surface area (Å²) in [4.78, 5) is 24.0. The first-order chi connectivity index (χ1) is 9.58. The molecule has 2 rings (SSSR count). The van der Waals surface area contributed by atoms with Crippen LogP contribution in [0.3, 0.4) is 0 Å². The van der Waals surface area contributed by atoms with Gasteiger partial charge in [-0.1, -0.05) is 6.92 Å². The third-order valence-corrected chi connectivity index (χ3v) is 2.97. The van der Waals surface area contributed by atoms with Crippen LogP contribution in [0.4, 0.5) is 11.9 Å².